The van der Waals surface area contributed by atoms with Crippen molar-refractivity contribution in [2.24, 2.45) is 7.05 Å². The van der Waals surface area contributed by atoms with Crippen molar-refractivity contribution in [3.05, 3.63) is 47.2 Å². The first-order valence-corrected chi connectivity index (χ1v) is 7.70. The van der Waals surface area contributed by atoms with Gasteiger partial charge in [0.05, 0.1) is 10.7 Å². The molecule has 0 unspecified atom stereocenters. The summed E-state index contributed by atoms with van der Waals surface area (Å²) in [5, 5.41) is 4.90. The predicted octanol–water partition coefficient (Wildman–Crippen LogP) is 3.12. The number of benzene rings is 1. The molecular formula is C16H20ClN3O. The summed E-state index contributed by atoms with van der Waals surface area (Å²) >= 11 is 6.14. The van der Waals surface area contributed by atoms with Crippen LogP contribution in [0.4, 0.5) is 0 Å². The summed E-state index contributed by atoms with van der Waals surface area (Å²) in [6.45, 7) is 3.04. The second kappa shape index (κ2) is 6.50. The molecule has 1 aliphatic rings. The van der Waals surface area contributed by atoms with Crippen LogP contribution in [0.15, 0.2) is 36.5 Å². The summed E-state index contributed by atoms with van der Waals surface area (Å²) in [5.41, 5.74) is 1.25. The van der Waals surface area contributed by atoms with Gasteiger partial charge in [-0.25, -0.2) is 0 Å². The average Bonchev–Trinajstić information content (AvgIpc) is 2.89. The SMILES string of the molecule is Cn1nccc1CN1CCC(Oc2ccccc2Cl)CC1. The van der Waals surface area contributed by atoms with Crippen molar-refractivity contribution in [1.29, 1.82) is 0 Å². The average molecular weight is 306 g/mol. The van der Waals surface area contributed by atoms with Crippen molar-refractivity contribution < 1.29 is 4.74 Å². The maximum atomic E-state index is 6.14. The summed E-state index contributed by atoms with van der Waals surface area (Å²) in [4.78, 5) is 2.45. The summed E-state index contributed by atoms with van der Waals surface area (Å²) in [5.74, 6) is 0.796. The Morgan fingerprint density at radius 1 is 1.24 bits per heavy atom. The van der Waals surface area contributed by atoms with Crippen LogP contribution in [0.3, 0.4) is 0 Å². The highest BCUT2D eigenvalue weighted by Gasteiger charge is 2.21. The van der Waals surface area contributed by atoms with Gasteiger partial charge in [-0.1, -0.05) is 23.7 Å². The Bertz CT molecular complexity index is 591. The molecular weight excluding hydrogens is 286 g/mol. The van der Waals surface area contributed by atoms with E-state index in [1.807, 2.05) is 42.2 Å². The largest absolute Gasteiger partial charge is 0.489 e. The molecule has 1 aromatic carbocycles. The summed E-state index contributed by atoms with van der Waals surface area (Å²) in [7, 11) is 1.99. The monoisotopic (exact) mass is 305 g/mol. The number of ether oxygens (including phenoxy) is 1. The maximum Gasteiger partial charge on any atom is 0.138 e. The lowest BCUT2D eigenvalue weighted by atomic mass is 10.1. The van der Waals surface area contributed by atoms with Crippen LogP contribution in [-0.2, 0) is 13.6 Å². The zero-order chi connectivity index (χ0) is 14.7. The molecule has 1 aromatic heterocycles. The minimum absolute atomic E-state index is 0.257. The molecule has 4 nitrogen and oxygen atoms in total. The highest BCUT2D eigenvalue weighted by Crippen LogP contribution is 2.27. The Labute approximate surface area is 130 Å². The van der Waals surface area contributed by atoms with E-state index in [9.17, 15) is 0 Å². The molecule has 112 valence electrons. The van der Waals surface area contributed by atoms with Crippen LogP contribution in [-0.4, -0.2) is 33.9 Å². The number of likely N-dealkylation sites (tertiary alicyclic amines) is 1. The summed E-state index contributed by atoms with van der Waals surface area (Å²) < 4.78 is 7.95. The first-order valence-electron chi connectivity index (χ1n) is 7.33. The van der Waals surface area contributed by atoms with Gasteiger partial charge in [0.25, 0.3) is 0 Å². The normalized spacial score (nSPS) is 17.0. The van der Waals surface area contributed by atoms with Crippen LogP contribution < -0.4 is 4.74 Å². The molecule has 0 spiro atoms. The molecule has 0 bridgehead atoms. The maximum absolute atomic E-state index is 6.14. The fourth-order valence-corrected chi connectivity index (χ4v) is 2.87. The topological polar surface area (TPSA) is 30.3 Å². The van der Waals surface area contributed by atoms with Crippen molar-refractivity contribution in [1.82, 2.24) is 14.7 Å². The molecule has 1 saturated heterocycles. The number of hydrogen-bond donors (Lipinski definition) is 0. The van der Waals surface area contributed by atoms with E-state index in [1.165, 1.54) is 5.69 Å². The number of piperidine rings is 1. The van der Waals surface area contributed by atoms with Crippen molar-refractivity contribution in [3.8, 4) is 5.75 Å². The van der Waals surface area contributed by atoms with E-state index >= 15 is 0 Å². The number of hydrogen-bond acceptors (Lipinski definition) is 3. The molecule has 0 aliphatic carbocycles. The first kappa shape index (κ1) is 14.4. The molecule has 1 aliphatic heterocycles. The van der Waals surface area contributed by atoms with Gasteiger partial charge >= 0.3 is 0 Å². The van der Waals surface area contributed by atoms with Gasteiger partial charge in [-0.2, -0.15) is 5.10 Å². The van der Waals surface area contributed by atoms with Crippen LogP contribution >= 0.6 is 11.6 Å². The van der Waals surface area contributed by atoms with E-state index < -0.39 is 0 Å². The molecule has 0 radical (unpaired) electrons. The quantitative estimate of drug-likeness (QED) is 0.869. The third-order valence-electron chi connectivity index (χ3n) is 3.97. The minimum Gasteiger partial charge on any atom is -0.489 e. The van der Waals surface area contributed by atoms with Gasteiger partial charge in [0.1, 0.15) is 11.9 Å². The van der Waals surface area contributed by atoms with E-state index in [1.54, 1.807) is 0 Å². The van der Waals surface area contributed by atoms with Crippen LogP contribution in [0.1, 0.15) is 18.5 Å². The standard InChI is InChI=1S/C16H20ClN3O/c1-19-13(6-9-18-19)12-20-10-7-14(8-11-20)21-16-5-3-2-4-15(16)17/h2-6,9,14H,7-8,10-12H2,1H3. The molecule has 0 saturated carbocycles. The van der Waals surface area contributed by atoms with Crippen LogP contribution in [0.2, 0.25) is 5.02 Å². The van der Waals surface area contributed by atoms with Gasteiger partial charge in [0.2, 0.25) is 0 Å². The third kappa shape index (κ3) is 3.57. The Kier molecular flexibility index (Phi) is 4.46. The number of nitrogens with zero attached hydrogens (tertiary/aromatic N) is 3. The zero-order valence-corrected chi connectivity index (χ0v) is 13.0. The fraction of sp³-hybridized carbons (Fsp3) is 0.438. The second-order valence-corrected chi connectivity index (χ2v) is 5.88. The second-order valence-electron chi connectivity index (χ2n) is 5.47. The van der Waals surface area contributed by atoms with Gasteiger partial charge in [0.15, 0.2) is 0 Å². The Morgan fingerprint density at radius 2 is 2.00 bits per heavy atom. The predicted molar refractivity (Wildman–Crippen MR) is 83.6 cm³/mol. The van der Waals surface area contributed by atoms with Gasteiger partial charge in [0, 0.05) is 32.9 Å². The molecule has 21 heavy (non-hydrogen) atoms. The third-order valence-corrected chi connectivity index (χ3v) is 4.29. The summed E-state index contributed by atoms with van der Waals surface area (Å²) in [6.07, 6.45) is 4.17. The molecule has 2 aromatic rings. The van der Waals surface area contributed by atoms with Crippen molar-refractivity contribution in [3.63, 3.8) is 0 Å². The molecule has 3 rings (SSSR count). The molecule has 2 heterocycles. The van der Waals surface area contributed by atoms with Crippen molar-refractivity contribution in [2.45, 2.75) is 25.5 Å². The van der Waals surface area contributed by atoms with E-state index in [0.29, 0.717) is 5.02 Å². The number of para-hydroxylation sites is 1. The molecule has 0 N–H and O–H groups in total. The van der Waals surface area contributed by atoms with Gasteiger partial charge in [-0.05, 0) is 31.0 Å². The highest BCUT2D eigenvalue weighted by atomic mass is 35.5. The van der Waals surface area contributed by atoms with Crippen LogP contribution in [0.25, 0.3) is 0 Å². The zero-order valence-electron chi connectivity index (χ0n) is 12.2. The minimum atomic E-state index is 0.257. The van der Waals surface area contributed by atoms with Gasteiger partial charge in [-0.3, -0.25) is 9.58 Å². The van der Waals surface area contributed by atoms with E-state index in [0.717, 1.165) is 38.2 Å². The lowest BCUT2D eigenvalue weighted by Gasteiger charge is -2.32. The van der Waals surface area contributed by atoms with Gasteiger partial charge < -0.3 is 4.74 Å². The lowest BCUT2D eigenvalue weighted by Crippen LogP contribution is -2.38. The van der Waals surface area contributed by atoms with Crippen molar-refractivity contribution in [2.75, 3.05) is 13.1 Å². The van der Waals surface area contributed by atoms with E-state index in [-0.39, 0.29) is 6.10 Å². The van der Waals surface area contributed by atoms with Crippen LogP contribution in [0, 0.1) is 0 Å². The Balaban J connectivity index is 1.51. The Hall–Kier alpha value is -1.52. The fourth-order valence-electron chi connectivity index (χ4n) is 2.69. The molecule has 5 heteroatoms. The van der Waals surface area contributed by atoms with E-state index in [2.05, 4.69) is 16.1 Å². The summed E-state index contributed by atoms with van der Waals surface area (Å²) in [6, 6.07) is 9.76. The van der Waals surface area contributed by atoms with E-state index in [4.69, 9.17) is 16.3 Å². The smallest absolute Gasteiger partial charge is 0.138 e. The molecule has 0 atom stereocenters. The highest BCUT2D eigenvalue weighted by molar-refractivity contribution is 6.32. The molecule has 0 amide bonds. The molecule has 1 fully saturated rings. The number of aromatic nitrogens is 2. The van der Waals surface area contributed by atoms with Gasteiger partial charge in [-0.15, -0.1) is 0 Å². The van der Waals surface area contributed by atoms with Crippen molar-refractivity contribution >= 4 is 11.6 Å². The Morgan fingerprint density at radius 3 is 2.67 bits per heavy atom. The number of halogens is 1. The first-order chi connectivity index (χ1) is 10.2. The number of rotatable bonds is 4. The van der Waals surface area contributed by atoms with Crippen LogP contribution in [0.5, 0.6) is 5.75 Å². The lowest BCUT2D eigenvalue weighted by molar-refractivity contribution is 0.0955. The number of aryl methyl sites for hydroxylation is 1.